The molecule has 0 aliphatic heterocycles. The first-order valence-corrected chi connectivity index (χ1v) is 10.4. The van der Waals surface area contributed by atoms with Crippen LogP contribution >= 0.6 is 0 Å². The molecule has 0 fully saturated rings. The van der Waals surface area contributed by atoms with Gasteiger partial charge in [-0.15, -0.1) is 5.11 Å². The number of amidine groups is 1. The molecule has 0 saturated carbocycles. The Morgan fingerprint density at radius 2 is 1.69 bits per heavy atom. The maximum atomic E-state index is 14.1. The van der Waals surface area contributed by atoms with E-state index in [1.807, 2.05) is 0 Å². The first-order chi connectivity index (χ1) is 17.4. The van der Waals surface area contributed by atoms with Crippen LogP contribution < -0.4 is 22.2 Å². The smallest absolute Gasteiger partial charge is 0.323 e. The molecule has 4 rings (SSSR count). The summed E-state index contributed by atoms with van der Waals surface area (Å²) in [5.74, 6) is 2.86. The third-order valence-corrected chi connectivity index (χ3v) is 4.86. The summed E-state index contributed by atoms with van der Waals surface area (Å²) in [6, 6.07) is 15.1. The highest BCUT2D eigenvalue weighted by atomic mass is 19.2. The summed E-state index contributed by atoms with van der Waals surface area (Å²) < 4.78 is 27.8. The quantitative estimate of drug-likeness (QED) is 0.102. The van der Waals surface area contributed by atoms with Crippen molar-refractivity contribution in [3.05, 3.63) is 96.5 Å². The number of nitrogen functional groups attached to an aromatic ring is 1. The highest BCUT2D eigenvalue weighted by molar-refractivity contribution is 6.05. The van der Waals surface area contributed by atoms with E-state index in [4.69, 9.17) is 11.6 Å². The molecular formula is C24H19F2N9O. The Hall–Kier alpha value is -5.26. The maximum absolute atomic E-state index is 14.1. The fraction of sp³-hybridized carbons (Fsp3) is 0. The van der Waals surface area contributed by atoms with Crippen LogP contribution in [-0.4, -0.2) is 21.8 Å². The van der Waals surface area contributed by atoms with Crippen molar-refractivity contribution in [1.82, 2.24) is 9.97 Å². The lowest BCUT2D eigenvalue weighted by molar-refractivity contribution is 0.262. The van der Waals surface area contributed by atoms with Crippen molar-refractivity contribution < 1.29 is 13.6 Å². The van der Waals surface area contributed by atoms with Gasteiger partial charge in [0, 0.05) is 23.6 Å². The summed E-state index contributed by atoms with van der Waals surface area (Å²) in [5.41, 5.74) is 8.35. The first-order valence-electron chi connectivity index (χ1n) is 10.4. The van der Waals surface area contributed by atoms with E-state index in [1.165, 1.54) is 24.5 Å². The topological polar surface area (TPSA) is 156 Å². The van der Waals surface area contributed by atoms with Crippen LogP contribution in [0.3, 0.4) is 0 Å². The Labute approximate surface area is 203 Å². The lowest BCUT2D eigenvalue weighted by atomic mass is 10.0. The average Bonchev–Trinajstić information content (AvgIpc) is 2.88. The molecule has 0 bridgehead atoms. The minimum Gasteiger partial charge on any atom is -0.383 e. The van der Waals surface area contributed by atoms with E-state index in [9.17, 15) is 13.6 Å². The summed E-state index contributed by atoms with van der Waals surface area (Å²) in [4.78, 5) is 24.3. The minimum absolute atomic E-state index is 0.0343. The molecule has 2 heterocycles. The number of nitrogens with two attached hydrogens (primary N) is 2. The molecule has 2 amide bonds. The van der Waals surface area contributed by atoms with Gasteiger partial charge in [0.25, 0.3) is 0 Å². The Balaban J connectivity index is 1.58. The molecule has 0 atom stereocenters. The van der Waals surface area contributed by atoms with E-state index in [1.54, 1.807) is 48.7 Å². The van der Waals surface area contributed by atoms with Gasteiger partial charge in [-0.1, -0.05) is 23.4 Å². The van der Waals surface area contributed by atoms with Gasteiger partial charge in [-0.2, -0.15) is 0 Å². The highest BCUT2D eigenvalue weighted by Gasteiger charge is 2.14. The standard InChI is InChI=1S/C24H19F2N9O/c25-19-4-1-5-20(21(19)26)33-23(34-35-28)18-11-15(12-30-22(18)27)14-6-8-16(9-7-14)31-24(36)32-17-3-2-10-29-13-17/h1-13H,(H2,27,30)(H2,28,33,34)(H2,31,32,36). The van der Waals surface area contributed by atoms with Crippen molar-refractivity contribution in [2.24, 2.45) is 21.2 Å². The van der Waals surface area contributed by atoms with E-state index in [2.05, 4.69) is 35.9 Å². The van der Waals surface area contributed by atoms with Crippen LogP contribution in [0.1, 0.15) is 5.56 Å². The number of aliphatic imine (C=N–C) groups is 1. The Kier molecular flexibility index (Phi) is 7.15. The number of benzene rings is 2. The van der Waals surface area contributed by atoms with Crippen LogP contribution in [0.5, 0.6) is 0 Å². The number of carbonyl (C=O) groups excluding carboxylic acids is 1. The van der Waals surface area contributed by atoms with Crippen LogP contribution in [0, 0.1) is 11.6 Å². The van der Waals surface area contributed by atoms with E-state index in [0.717, 1.165) is 11.6 Å². The van der Waals surface area contributed by atoms with Crippen molar-refractivity contribution in [2.75, 3.05) is 16.4 Å². The van der Waals surface area contributed by atoms with Crippen molar-refractivity contribution >= 4 is 34.7 Å². The van der Waals surface area contributed by atoms with Gasteiger partial charge in [-0.05, 0) is 48.0 Å². The summed E-state index contributed by atoms with van der Waals surface area (Å²) >= 11 is 0. The molecule has 10 nitrogen and oxygen atoms in total. The molecule has 0 saturated heterocycles. The molecule has 0 aliphatic rings. The highest BCUT2D eigenvalue weighted by Crippen LogP contribution is 2.27. The molecule has 36 heavy (non-hydrogen) atoms. The van der Waals surface area contributed by atoms with E-state index in [0.29, 0.717) is 16.9 Å². The van der Waals surface area contributed by atoms with Crippen molar-refractivity contribution in [3.63, 3.8) is 0 Å². The number of hydrogen-bond donors (Lipinski definition) is 4. The van der Waals surface area contributed by atoms with Crippen LogP contribution in [0.15, 0.2) is 94.6 Å². The zero-order valence-electron chi connectivity index (χ0n) is 18.6. The number of anilines is 3. The first kappa shape index (κ1) is 23.9. The lowest BCUT2D eigenvalue weighted by Gasteiger charge is -2.10. The van der Waals surface area contributed by atoms with Gasteiger partial charge < -0.3 is 22.2 Å². The second-order valence-electron chi connectivity index (χ2n) is 7.28. The lowest BCUT2D eigenvalue weighted by Crippen LogP contribution is -2.19. The Morgan fingerprint density at radius 1 is 0.917 bits per heavy atom. The third kappa shape index (κ3) is 5.62. The minimum atomic E-state index is -1.15. The third-order valence-electron chi connectivity index (χ3n) is 4.86. The number of nitrogens with one attached hydrogen (secondary N) is 2. The molecule has 0 spiro atoms. The largest absolute Gasteiger partial charge is 0.383 e. The predicted molar refractivity (Wildman–Crippen MR) is 133 cm³/mol. The predicted octanol–water partition coefficient (Wildman–Crippen LogP) is 5.05. The summed E-state index contributed by atoms with van der Waals surface area (Å²) in [7, 11) is 0. The molecule has 6 N–H and O–H groups in total. The van der Waals surface area contributed by atoms with Gasteiger partial charge in [-0.25, -0.2) is 23.6 Å². The van der Waals surface area contributed by atoms with Gasteiger partial charge in [0.2, 0.25) is 0 Å². The number of pyridine rings is 2. The molecule has 0 unspecified atom stereocenters. The number of carbonyl (C=O) groups is 1. The molecule has 0 radical (unpaired) electrons. The van der Waals surface area contributed by atoms with Crippen molar-refractivity contribution in [1.29, 1.82) is 0 Å². The molecule has 0 aliphatic carbocycles. The molecule has 4 aromatic rings. The number of hydrogen-bond acceptors (Lipinski definition) is 6. The van der Waals surface area contributed by atoms with E-state index >= 15 is 0 Å². The molecule has 2 aromatic heterocycles. The van der Waals surface area contributed by atoms with E-state index in [-0.39, 0.29) is 22.9 Å². The van der Waals surface area contributed by atoms with Gasteiger partial charge >= 0.3 is 6.03 Å². The number of aromatic nitrogens is 2. The number of amides is 2. The molecule has 180 valence electrons. The normalized spacial score (nSPS) is 11.4. The summed E-state index contributed by atoms with van der Waals surface area (Å²) in [5, 5.41) is 12.3. The summed E-state index contributed by atoms with van der Waals surface area (Å²) in [6.07, 6.45) is 4.65. The number of urea groups is 1. The zero-order valence-corrected chi connectivity index (χ0v) is 18.6. The van der Waals surface area contributed by atoms with Crippen LogP contribution in [0.2, 0.25) is 0 Å². The monoisotopic (exact) mass is 487 g/mol. The molecular weight excluding hydrogens is 468 g/mol. The Bertz CT molecular complexity index is 1440. The van der Waals surface area contributed by atoms with Gasteiger partial charge in [0.15, 0.2) is 17.5 Å². The number of rotatable bonds is 5. The second kappa shape index (κ2) is 10.8. The van der Waals surface area contributed by atoms with Crippen LogP contribution in [0.4, 0.5) is 36.5 Å². The maximum Gasteiger partial charge on any atom is 0.323 e. The zero-order chi connectivity index (χ0) is 25.5. The number of halogens is 2. The molecule has 2 aromatic carbocycles. The number of nitrogens with zero attached hydrogens (tertiary/aromatic N) is 5. The van der Waals surface area contributed by atoms with E-state index < -0.39 is 17.7 Å². The summed E-state index contributed by atoms with van der Waals surface area (Å²) in [6.45, 7) is 0. The Morgan fingerprint density at radius 3 is 2.42 bits per heavy atom. The van der Waals surface area contributed by atoms with Crippen LogP contribution in [-0.2, 0) is 0 Å². The average molecular weight is 487 g/mol. The van der Waals surface area contributed by atoms with Gasteiger partial charge in [0.05, 0.1) is 17.4 Å². The second-order valence-corrected chi connectivity index (χ2v) is 7.28. The SMILES string of the molecule is NN=NC(=Nc1cccc(F)c1F)c1cc(-c2ccc(NC(=O)Nc3cccnc3)cc2)cnc1N. The van der Waals surface area contributed by atoms with Gasteiger partial charge in [0.1, 0.15) is 11.5 Å². The van der Waals surface area contributed by atoms with Gasteiger partial charge in [-0.3, -0.25) is 4.98 Å². The van der Waals surface area contributed by atoms with Crippen molar-refractivity contribution in [2.45, 2.75) is 0 Å². The molecule has 12 heteroatoms. The fourth-order valence-corrected chi connectivity index (χ4v) is 3.17. The van der Waals surface area contributed by atoms with Crippen LogP contribution in [0.25, 0.3) is 11.1 Å². The fourth-order valence-electron chi connectivity index (χ4n) is 3.17. The van der Waals surface area contributed by atoms with Crippen molar-refractivity contribution in [3.8, 4) is 11.1 Å².